The average molecular weight is 331 g/mol. The zero-order valence-electron chi connectivity index (χ0n) is 13.5. The molecule has 3 rings (SSSR count). The lowest BCUT2D eigenvalue weighted by molar-refractivity contribution is 0.0697. The number of carboxylic acids is 1. The first-order valence-corrected chi connectivity index (χ1v) is 8.58. The molecule has 0 atom stereocenters. The number of hydrogen-bond acceptors (Lipinski definition) is 5. The average Bonchev–Trinajstić information content (AvgIpc) is 2.88. The van der Waals surface area contributed by atoms with Crippen LogP contribution in [-0.2, 0) is 6.54 Å². The molecule has 1 aliphatic rings. The van der Waals surface area contributed by atoms with E-state index in [2.05, 4.69) is 28.6 Å². The van der Waals surface area contributed by atoms with Crippen LogP contribution < -0.4 is 4.90 Å². The number of aromatic nitrogens is 1. The third-order valence-electron chi connectivity index (χ3n) is 4.27. The van der Waals surface area contributed by atoms with E-state index >= 15 is 0 Å². The summed E-state index contributed by atoms with van der Waals surface area (Å²) in [5.41, 5.74) is 2.63. The summed E-state index contributed by atoms with van der Waals surface area (Å²) < 4.78 is 0. The van der Waals surface area contributed by atoms with Crippen LogP contribution in [0.25, 0.3) is 0 Å². The first-order chi connectivity index (χ1) is 11.0. The first kappa shape index (κ1) is 16.0. The molecule has 0 unspecified atom stereocenters. The molecule has 2 aromatic rings. The van der Waals surface area contributed by atoms with Gasteiger partial charge in [-0.15, -0.1) is 11.3 Å². The minimum Gasteiger partial charge on any atom is -0.478 e. The van der Waals surface area contributed by atoms with Crippen LogP contribution in [0, 0.1) is 13.8 Å². The molecular weight excluding hydrogens is 310 g/mol. The topological polar surface area (TPSA) is 56.7 Å². The van der Waals surface area contributed by atoms with Gasteiger partial charge in [-0.1, -0.05) is 12.1 Å². The Kier molecular flexibility index (Phi) is 4.63. The lowest BCUT2D eigenvalue weighted by Crippen LogP contribution is -2.45. The number of benzene rings is 1. The number of rotatable bonds is 4. The van der Waals surface area contributed by atoms with Gasteiger partial charge in [-0.2, -0.15) is 0 Å². The molecule has 6 heteroatoms. The molecule has 0 radical (unpaired) electrons. The van der Waals surface area contributed by atoms with E-state index in [9.17, 15) is 4.79 Å². The number of carbonyl (C=O) groups is 1. The number of anilines is 1. The highest BCUT2D eigenvalue weighted by Gasteiger charge is 2.20. The molecule has 1 aromatic carbocycles. The third kappa shape index (κ3) is 3.71. The molecule has 0 bridgehead atoms. The number of hydrogen-bond donors (Lipinski definition) is 1. The van der Waals surface area contributed by atoms with Gasteiger partial charge in [0.25, 0.3) is 0 Å². The number of carboxylic acid groups (broad SMARTS) is 1. The maximum atomic E-state index is 10.9. The molecule has 0 amide bonds. The molecule has 2 heterocycles. The largest absolute Gasteiger partial charge is 0.478 e. The van der Waals surface area contributed by atoms with Crippen molar-refractivity contribution in [1.29, 1.82) is 0 Å². The Hall–Kier alpha value is -1.92. The van der Waals surface area contributed by atoms with Crippen LogP contribution in [0.2, 0.25) is 0 Å². The van der Waals surface area contributed by atoms with E-state index in [1.165, 1.54) is 4.88 Å². The van der Waals surface area contributed by atoms with Crippen molar-refractivity contribution in [3.8, 4) is 0 Å². The smallest absolute Gasteiger partial charge is 0.335 e. The summed E-state index contributed by atoms with van der Waals surface area (Å²) in [6.45, 7) is 9.01. The van der Waals surface area contributed by atoms with E-state index in [-0.39, 0.29) is 0 Å². The minimum absolute atomic E-state index is 0.341. The first-order valence-electron chi connectivity index (χ1n) is 7.76. The zero-order valence-corrected chi connectivity index (χ0v) is 14.3. The molecule has 1 fully saturated rings. The third-order valence-corrected chi connectivity index (χ3v) is 5.40. The van der Waals surface area contributed by atoms with Crippen molar-refractivity contribution < 1.29 is 9.90 Å². The van der Waals surface area contributed by atoms with Gasteiger partial charge in [-0.05, 0) is 31.5 Å². The number of aryl methyl sites for hydroxylation is 2. The van der Waals surface area contributed by atoms with E-state index in [4.69, 9.17) is 5.11 Å². The SMILES string of the molecule is Cc1nc(N2CCN(Cc3ccc(C(=O)O)cc3)CC2)sc1C. The highest BCUT2D eigenvalue weighted by molar-refractivity contribution is 7.15. The van der Waals surface area contributed by atoms with Gasteiger partial charge in [-0.25, -0.2) is 9.78 Å². The number of aromatic carboxylic acids is 1. The fourth-order valence-electron chi connectivity index (χ4n) is 2.70. The second-order valence-corrected chi connectivity index (χ2v) is 7.08. The standard InChI is InChI=1S/C17H21N3O2S/c1-12-13(2)23-17(18-12)20-9-7-19(8-10-20)11-14-3-5-15(6-4-14)16(21)22/h3-6H,7-11H2,1-2H3,(H,21,22). The number of thiazole rings is 1. The van der Waals surface area contributed by atoms with Crippen LogP contribution in [0.3, 0.4) is 0 Å². The summed E-state index contributed by atoms with van der Waals surface area (Å²) >= 11 is 1.77. The van der Waals surface area contributed by atoms with E-state index in [0.29, 0.717) is 5.56 Å². The molecular formula is C17H21N3O2S. The molecule has 0 aliphatic carbocycles. The van der Waals surface area contributed by atoms with Crippen LogP contribution in [0.5, 0.6) is 0 Å². The highest BCUT2D eigenvalue weighted by Crippen LogP contribution is 2.26. The van der Waals surface area contributed by atoms with Crippen molar-refractivity contribution in [3.63, 3.8) is 0 Å². The molecule has 1 N–H and O–H groups in total. The molecule has 1 aliphatic heterocycles. The summed E-state index contributed by atoms with van der Waals surface area (Å²) in [6.07, 6.45) is 0. The molecule has 0 spiro atoms. The van der Waals surface area contributed by atoms with Crippen molar-refractivity contribution in [1.82, 2.24) is 9.88 Å². The number of nitrogens with zero attached hydrogens (tertiary/aromatic N) is 3. The molecule has 5 nitrogen and oxygen atoms in total. The van der Waals surface area contributed by atoms with E-state index in [0.717, 1.165) is 49.1 Å². The molecule has 1 aromatic heterocycles. The Morgan fingerprint density at radius 2 is 1.83 bits per heavy atom. The van der Waals surface area contributed by atoms with Gasteiger partial charge in [0.05, 0.1) is 11.3 Å². The van der Waals surface area contributed by atoms with Crippen LogP contribution in [0.4, 0.5) is 5.13 Å². The zero-order chi connectivity index (χ0) is 16.4. The predicted octanol–water partition coefficient (Wildman–Crippen LogP) is 2.78. The van der Waals surface area contributed by atoms with Gasteiger partial charge in [-0.3, -0.25) is 4.90 Å². The summed E-state index contributed by atoms with van der Waals surface area (Å²) in [4.78, 5) is 21.6. The van der Waals surface area contributed by atoms with Gasteiger partial charge < -0.3 is 10.0 Å². The lowest BCUT2D eigenvalue weighted by Gasteiger charge is -2.34. The lowest BCUT2D eigenvalue weighted by atomic mass is 10.1. The Morgan fingerprint density at radius 3 is 2.35 bits per heavy atom. The predicted molar refractivity (Wildman–Crippen MR) is 92.5 cm³/mol. The van der Waals surface area contributed by atoms with Crippen LogP contribution in [-0.4, -0.2) is 47.1 Å². The Bertz CT molecular complexity index is 669. The monoisotopic (exact) mass is 331 g/mol. The van der Waals surface area contributed by atoms with Gasteiger partial charge in [0.2, 0.25) is 0 Å². The summed E-state index contributed by atoms with van der Waals surface area (Å²) in [5.74, 6) is -0.876. The fraction of sp³-hybridized carbons (Fsp3) is 0.412. The second kappa shape index (κ2) is 6.68. The Morgan fingerprint density at radius 1 is 1.17 bits per heavy atom. The quantitative estimate of drug-likeness (QED) is 0.933. The van der Waals surface area contributed by atoms with Crippen LogP contribution in [0.1, 0.15) is 26.5 Å². The summed E-state index contributed by atoms with van der Waals surface area (Å²) in [7, 11) is 0. The van der Waals surface area contributed by atoms with Crippen LogP contribution in [0.15, 0.2) is 24.3 Å². The minimum atomic E-state index is -0.876. The molecule has 23 heavy (non-hydrogen) atoms. The van der Waals surface area contributed by atoms with Crippen molar-refractivity contribution in [2.45, 2.75) is 20.4 Å². The maximum absolute atomic E-state index is 10.9. The Balaban J connectivity index is 1.55. The van der Waals surface area contributed by atoms with Gasteiger partial charge >= 0.3 is 5.97 Å². The second-order valence-electron chi connectivity index (χ2n) is 5.90. The molecule has 122 valence electrons. The van der Waals surface area contributed by atoms with E-state index in [1.807, 2.05) is 12.1 Å². The molecule has 0 saturated carbocycles. The van der Waals surface area contributed by atoms with Gasteiger partial charge in [0, 0.05) is 37.6 Å². The van der Waals surface area contributed by atoms with E-state index in [1.54, 1.807) is 23.5 Å². The number of piperazine rings is 1. The highest BCUT2D eigenvalue weighted by atomic mass is 32.1. The fourth-order valence-corrected chi connectivity index (χ4v) is 3.66. The van der Waals surface area contributed by atoms with Crippen molar-refractivity contribution in [2.75, 3.05) is 31.1 Å². The normalized spacial score (nSPS) is 15.8. The van der Waals surface area contributed by atoms with Crippen molar-refractivity contribution in [3.05, 3.63) is 46.0 Å². The van der Waals surface area contributed by atoms with Crippen molar-refractivity contribution in [2.24, 2.45) is 0 Å². The van der Waals surface area contributed by atoms with Gasteiger partial charge in [0.15, 0.2) is 5.13 Å². The van der Waals surface area contributed by atoms with Crippen LogP contribution >= 0.6 is 11.3 Å². The van der Waals surface area contributed by atoms with E-state index < -0.39 is 5.97 Å². The summed E-state index contributed by atoms with van der Waals surface area (Å²) in [6, 6.07) is 7.16. The molecule has 1 saturated heterocycles. The van der Waals surface area contributed by atoms with Gasteiger partial charge in [0.1, 0.15) is 0 Å². The summed E-state index contributed by atoms with van der Waals surface area (Å²) in [5, 5.41) is 10.1. The maximum Gasteiger partial charge on any atom is 0.335 e. The van der Waals surface area contributed by atoms with Crippen molar-refractivity contribution >= 4 is 22.4 Å². The Labute approximate surface area is 140 Å².